The van der Waals surface area contributed by atoms with Crippen LogP contribution in [0.15, 0.2) is 49.5 Å². The van der Waals surface area contributed by atoms with Crippen LogP contribution in [0.4, 0.5) is 10.2 Å². The van der Waals surface area contributed by atoms with Crippen molar-refractivity contribution in [2.75, 3.05) is 13.1 Å². The summed E-state index contributed by atoms with van der Waals surface area (Å²) in [6.07, 6.45) is 5.21. The molecule has 30 heavy (non-hydrogen) atoms. The number of aromatic nitrogens is 3. The third-order valence-electron chi connectivity index (χ3n) is 4.96. The summed E-state index contributed by atoms with van der Waals surface area (Å²) < 4.78 is 15.3. The molecule has 0 saturated carbocycles. The molecule has 0 fully saturated rings. The number of nitro groups is 1. The van der Waals surface area contributed by atoms with Gasteiger partial charge in [-0.25, -0.2) is 4.39 Å². The molecule has 0 saturated heterocycles. The van der Waals surface area contributed by atoms with Gasteiger partial charge in [0.15, 0.2) is 0 Å². The Labute approximate surface area is 179 Å². The van der Waals surface area contributed by atoms with E-state index in [4.69, 9.17) is 11.6 Å². The number of halogens is 2. The van der Waals surface area contributed by atoms with Crippen LogP contribution in [0.1, 0.15) is 23.9 Å². The topological polar surface area (TPSA) is 77.1 Å². The lowest BCUT2D eigenvalue weighted by Gasteiger charge is -2.30. The maximum Gasteiger partial charge on any atom is 0.383 e. The molecule has 2 aromatic heterocycles. The van der Waals surface area contributed by atoms with Crippen LogP contribution >= 0.6 is 11.6 Å². The van der Waals surface area contributed by atoms with E-state index >= 15 is 0 Å². The van der Waals surface area contributed by atoms with Gasteiger partial charge >= 0.3 is 11.1 Å². The monoisotopic (exact) mass is 431 g/mol. The molecule has 1 atom stereocenters. The molecule has 0 N–H and O–H groups in total. The van der Waals surface area contributed by atoms with Gasteiger partial charge in [-0.1, -0.05) is 38.3 Å². The highest BCUT2D eigenvalue weighted by Crippen LogP contribution is 2.26. The minimum Gasteiger partial charge on any atom is -0.358 e. The number of nitrogens with zero attached hydrogens (tertiary/aromatic N) is 5. The van der Waals surface area contributed by atoms with Gasteiger partial charge in [0.05, 0.1) is 5.69 Å². The van der Waals surface area contributed by atoms with Crippen molar-refractivity contribution in [3.63, 3.8) is 0 Å². The highest BCUT2D eigenvalue weighted by atomic mass is 35.5. The molecule has 0 aliphatic carbocycles. The Kier molecular flexibility index (Phi) is 6.79. The molecule has 1 unspecified atom stereocenters. The normalized spacial score (nSPS) is 15.5. The first-order chi connectivity index (χ1) is 14.3. The van der Waals surface area contributed by atoms with Crippen molar-refractivity contribution in [1.29, 1.82) is 0 Å². The molecule has 1 aliphatic heterocycles. The van der Waals surface area contributed by atoms with Gasteiger partial charge in [0.25, 0.3) is 0 Å². The maximum absolute atomic E-state index is 13.7. The van der Waals surface area contributed by atoms with Crippen LogP contribution in [0, 0.1) is 16.0 Å². The lowest BCUT2D eigenvalue weighted by atomic mass is 10.0. The van der Waals surface area contributed by atoms with E-state index in [2.05, 4.69) is 34.9 Å². The number of imidazole rings is 1. The molecule has 0 amide bonds. The number of hydrogen-bond acceptors (Lipinski definition) is 5. The Morgan fingerprint density at radius 3 is 2.83 bits per heavy atom. The molecule has 9 heteroatoms. The van der Waals surface area contributed by atoms with E-state index in [1.807, 2.05) is 6.07 Å². The van der Waals surface area contributed by atoms with Gasteiger partial charge in [-0.2, -0.15) is 0 Å². The number of rotatable bonds is 8. The third-order valence-corrected chi connectivity index (χ3v) is 5.26. The molecule has 2 aromatic rings. The zero-order valence-corrected chi connectivity index (χ0v) is 17.5. The van der Waals surface area contributed by atoms with E-state index in [9.17, 15) is 14.5 Å². The molecule has 0 spiro atoms. The predicted molar refractivity (Wildman–Crippen MR) is 115 cm³/mol. The number of fused-ring (bicyclic) bond motifs is 1. The standard InChI is InChI=1S/C21H23ClFN5O2/c1-4-5-17(15(3)23)19-7-6-16-12-26(9-8-18(16)24-19)10-14(2)11-27-13-20(28(29)30)25-21(27)22/h4-7,13-14H,1,3,8-12H2,2H3/b17-5+. The zero-order chi connectivity index (χ0) is 21.8. The second-order valence-corrected chi connectivity index (χ2v) is 7.73. The Morgan fingerprint density at radius 1 is 1.43 bits per heavy atom. The van der Waals surface area contributed by atoms with Crippen molar-refractivity contribution >= 4 is 23.0 Å². The quantitative estimate of drug-likeness (QED) is 0.347. The smallest absolute Gasteiger partial charge is 0.358 e. The molecule has 3 rings (SSSR count). The highest BCUT2D eigenvalue weighted by molar-refractivity contribution is 6.28. The number of hydrogen-bond donors (Lipinski definition) is 0. The van der Waals surface area contributed by atoms with Crippen LogP contribution < -0.4 is 0 Å². The molecule has 1 aliphatic rings. The van der Waals surface area contributed by atoms with Crippen LogP contribution in [0.3, 0.4) is 0 Å². The van der Waals surface area contributed by atoms with Crippen molar-refractivity contribution in [1.82, 2.24) is 19.4 Å². The average molecular weight is 432 g/mol. The predicted octanol–water partition coefficient (Wildman–Crippen LogP) is 4.59. The summed E-state index contributed by atoms with van der Waals surface area (Å²) in [4.78, 5) is 21.0. The van der Waals surface area contributed by atoms with E-state index < -0.39 is 10.8 Å². The van der Waals surface area contributed by atoms with Gasteiger partial charge in [0.1, 0.15) is 12.0 Å². The second kappa shape index (κ2) is 9.32. The number of allylic oxidation sites excluding steroid dienone is 4. The minimum absolute atomic E-state index is 0.118. The van der Waals surface area contributed by atoms with E-state index in [-0.39, 0.29) is 17.0 Å². The number of pyridine rings is 1. The maximum atomic E-state index is 13.7. The van der Waals surface area contributed by atoms with Crippen molar-refractivity contribution in [2.24, 2.45) is 5.92 Å². The van der Waals surface area contributed by atoms with Gasteiger partial charge in [-0.05, 0) is 39.1 Å². The minimum atomic E-state index is -0.552. The van der Waals surface area contributed by atoms with Crippen LogP contribution in [0.2, 0.25) is 5.28 Å². The third kappa shape index (κ3) is 5.01. The fourth-order valence-corrected chi connectivity index (χ4v) is 3.85. The summed E-state index contributed by atoms with van der Waals surface area (Å²) in [6, 6.07) is 3.78. The lowest BCUT2D eigenvalue weighted by molar-refractivity contribution is -0.389. The summed E-state index contributed by atoms with van der Waals surface area (Å²) in [5.41, 5.74) is 2.96. The van der Waals surface area contributed by atoms with Crippen molar-refractivity contribution in [3.05, 3.63) is 81.8 Å². The van der Waals surface area contributed by atoms with Crippen LogP contribution in [-0.2, 0) is 19.5 Å². The van der Waals surface area contributed by atoms with Gasteiger partial charge < -0.3 is 10.1 Å². The average Bonchev–Trinajstić information content (AvgIpc) is 3.06. The molecular formula is C21H23ClFN5O2. The van der Waals surface area contributed by atoms with E-state index in [0.29, 0.717) is 17.8 Å². The molecule has 0 radical (unpaired) electrons. The van der Waals surface area contributed by atoms with Crippen LogP contribution in [0.5, 0.6) is 0 Å². The molecule has 158 valence electrons. The van der Waals surface area contributed by atoms with Crippen LogP contribution in [-0.4, -0.2) is 37.4 Å². The fraction of sp³-hybridized carbons (Fsp3) is 0.333. The first-order valence-electron chi connectivity index (χ1n) is 9.54. The molecular weight excluding hydrogens is 409 g/mol. The lowest BCUT2D eigenvalue weighted by Crippen LogP contribution is -2.35. The largest absolute Gasteiger partial charge is 0.383 e. The summed E-state index contributed by atoms with van der Waals surface area (Å²) in [5, 5.41) is 11.0. The fourth-order valence-electron chi connectivity index (χ4n) is 3.64. The van der Waals surface area contributed by atoms with Gasteiger partial charge in [0.2, 0.25) is 0 Å². The van der Waals surface area contributed by atoms with E-state index in [1.54, 1.807) is 16.7 Å². The SMILES string of the molecule is C=C/C=C(\C(=C)F)c1ccc2c(n1)CCN(CC(C)Cn1cc([N+](=O)[O-])nc1Cl)C2. The Hall–Kier alpha value is -2.84. The van der Waals surface area contributed by atoms with E-state index in [0.717, 1.165) is 37.3 Å². The first-order valence-corrected chi connectivity index (χ1v) is 9.92. The Bertz CT molecular complexity index is 1020. The summed E-state index contributed by atoms with van der Waals surface area (Å²) >= 11 is 6.01. The van der Waals surface area contributed by atoms with Crippen molar-refractivity contribution < 1.29 is 9.31 Å². The Balaban J connectivity index is 1.65. The second-order valence-electron chi connectivity index (χ2n) is 7.39. The van der Waals surface area contributed by atoms with Gasteiger partial charge in [0, 0.05) is 43.9 Å². The Morgan fingerprint density at radius 2 is 2.20 bits per heavy atom. The van der Waals surface area contributed by atoms with Crippen LogP contribution in [0.25, 0.3) is 5.57 Å². The van der Waals surface area contributed by atoms with E-state index in [1.165, 1.54) is 12.3 Å². The van der Waals surface area contributed by atoms with Gasteiger partial charge in [-0.3, -0.25) is 14.5 Å². The van der Waals surface area contributed by atoms with Crippen molar-refractivity contribution in [2.45, 2.75) is 26.4 Å². The van der Waals surface area contributed by atoms with Gasteiger partial charge in [-0.15, -0.1) is 0 Å². The summed E-state index contributed by atoms with van der Waals surface area (Å²) in [7, 11) is 0. The molecule has 0 aromatic carbocycles. The zero-order valence-electron chi connectivity index (χ0n) is 16.7. The molecule has 7 nitrogen and oxygen atoms in total. The summed E-state index contributed by atoms with van der Waals surface area (Å²) in [5.74, 6) is -0.573. The molecule has 0 bridgehead atoms. The highest BCUT2D eigenvalue weighted by Gasteiger charge is 2.22. The molecule has 3 heterocycles. The first kappa shape index (κ1) is 21.9. The van der Waals surface area contributed by atoms with Crippen molar-refractivity contribution in [3.8, 4) is 0 Å². The summed E-state index contributed by atoms with van der Waals surface area (Å²) in [6.45, 7) is 11.9.